The number of carbonyl (C=O) groups excluding carboxylic acids is 1. The third kappa shape index (κ3) is 6.43. The molecule has 3 aromatic rings. The molecule has 0 spiro atoms. The van der Waals surface area contributed by atoms with Crippen molar-refractivity contribution in [1.29, 1.82) is 0 Å². The normalized spacial score (nSPS) is 11.8. The summed E-state index contributed by atoms with van der Waals surface area (Å²) in [6.45, 7) is 2.40. The van der Waals surface area contributed by atoms with E-state index in [1.54, 1.807) is 6.20 Å². The summed E-state index contributed by atoms with van der Waals surface area (Å²) in [4.78, 5) is 15.2. The van der Waals surface area contributed by atoms with Gasteiger partial charge in [0.1, 0.15) is 11.9 Å². The zero-order chi connectivity index (χ0) is 19.8. The summed E-state index contributed by atoms with van der Waals surface area (Å²) in [5, 5.41) is 3.50. The molecule has 6 heteroatoms. The number of hydrogen-bond acceptors (Lipinski definition) is 3. The van der Waals surface area contributed by atoms with Gasteiger partial charge in [-0.1, -0.05) is 23.7 Å². The van der Waals surface area contributed by atoms with Crippen molar-refractivity contribution in [1.82, 2.24) is 9.55 Å². The van der Waals surface area contributed by atoms with Crippen molar-refractivity contribution >= 4 is 23.2 Å². The van der Waals surface area contributed by atoms with Crippen molar-refractivity contribution in [2.45, 2.75) is 38.8 Å². The van der Waals surface area contributed by atoms with Crippen LogP contribution >= 0.6 is 11.6 Å². The lowest BCUT2D eigenvalue weighted by Gasteiger charge is -2.20. The number of ether oxygens (including phenoxy) is 1. The average Bonchev–Trinajstić information content (AvgIpc) is 3.18. The van der Waals surface area contributed by atoms with Gasteiger partial charge in [0.2, 0.25) is 5.91 Å². The Morgan fingerprint density at radius 2 is 1.93 bits per heavy atom. The Kier molecular flexibility index (Phi) is 7.09. The molecule has 1 amide bonds. The number of carbonyl (C=O) groups is 1. The van der Waals surface area contributed by atoms with Crippen LogP contribution in [0.15, 0.2) is 67.3 Å². The quantitative estimate of drug-likeness (QED) is 0.554. The van der Waals surface area contributed by atoms with Gasteiger partial charge in [-0.2, -0.15) is 0 Å². The minimum Gasteiger partial charge on any atom is -0.490 e. The van der Waals surface area contributed by atoms with Gasteiger partial charge in [0.25, 0.3) is 0 Å². The van der Waals surface area contributed by atoms with Gasteiger partial charge < -0.3 is 14.6 Å². The number of imidazole rings is 1. The number of hydrogen-bond donors (Lipinski definition) is 1. The lowest BCUT2D eigenvalue weighted by molar-refractivity contribution is -0.114. The van der Waals surface area contributed by atoms with E-state index in [0.29, 0.717) is 0 Å². The monoisotopic (exact) mass is 397 g/mol. The highest BCUT2D eigenvalue weighted by molar-refractivity contribution is 6.30. The third-order valence-electron chi connectivity index (χ3n) is 4.36. The van der Waals surface area contributed by atoms with Crippen LogP contribution in [-0.2, 0) is 17.8 Å². The van der Waals surface area contributed by atoms with E-state index in [9.17, 15) is 4.79 Å². The maximum absolute atomic E-state index is 11.2. The summed E-state index contributed by atoms with van der Waals surface area (Å²) in [6.07, 6.45) is 8.32. The van der Waals surface area contributed by atoms with E-state index >= 15 is 0 Å². The van der Waals surface area contributed by atoms with Gasteiger partial charge in [-0.05, 0) is 54.8 Å². The number of amides is 1. The van der Waals surface area contributed by atoms with Gasteiger partial charge in [-0.25, -0.2) is 4.98 Å². The summed E-state index contributed by atoms with van der Waals surface area (Å²) in [5.41, 5.74) is 1.95. The molecule has 2 aromatic carbocycles. The molecule has 1 N–H and O–H groups in total. The molecule has 0 aliphatic heterocycles. The average molecular weight is 398 g/mol. The zero-order valence-electron chi connectivity index (χ0n) is 15.8. The molecule has 0 aliphatic rings. The number of nitrogens with one attached hydrogen (secondary N) is 1. The molecular formula is C22H24ClN3O2. The van der Waals surface area contributed by atoms with E-state index in [1.165, 1.54) is 12.5 Å². The Hall–Kier alpha value is -2.79. The number of rotatable bonds is 9. The highest BCUT2D eigenvalue weighted by Crippen LogP contribution is 2.21. The van der Waals surface area contributed by atoms with Crippen molar-refractivity contribution in [3.63, 3.8) is 0 Å². The second-order valence-corrected chi connectivity index (χ2v) is 7.16. The van der Waals surface area contributed by atoms with E-state index in [1.807, 2.05) is 61.1 Å². The second-order valence-electron chi connectivity index (χ2n) is 6.72. The standard InChI is InChI=1S/C22H24ClN3O2/c1-17(27)25-20-8-10-21(11-9-20)28-22(3-2-13-26-14-12-24-16-26)15-18-4-6-19(23)7-5-18/h4-12,14,16,22H,2-3,13,15H2,1H3,(H,25,27). The Balaban J connectivity index is 1.63. The van der Waals surface area contributed by atoms with Crippen LogP contribution in [0.2, 0.25) is 5.02 Å². The first kappa shape index (κ1) is 20.0. The highest BCUT2D eigenvalue weighted by atomic mass is 35.5. The Labute approximate surface area is 170 Å². The van der Waals surface area contributed by atoms with Crippen LogP contribution in [0.25, 0.3) is 0 Å². The van der Waals surface area contributed by atoms with Gasteiger partial charge in [0, 0.05) is 43.0 Å². The summed E-state index contributed by atoms with van der Waals surface area (Å²) < 4.78 is 8.33. The van der Waals surface area contributed by atoms with E-state index in [2.05, 4.69) is 14.9 Å². The predicted octanol–water partition coefficient (Wildman–Crippen LogP) is 4.97. The number of aromatic nitrogens is 2. The second kappa shape index (κ2) is 9.95. The summed E-state index contributed by atoms with van der Waals surface area (Å²) in [5.74, 6) is 0.699. The van der Waals surface area contributed by atoms with E-state index in [0.717, 1.165) is 42.3 Å². The van der Waals surface area contributed by atoms with Crippen molar-refractivity contribution in [3.05, 3.63) is 77.8 Å². The Morgan fingerprint density at radius 3 is 2.57 bits per heavy atom. The molecule has 1 heterocycles. The molecule has 0 aliphatic carbocycles. The fourth-order valence-electron chi connectivity index (χ4n) is 3.02. The summed E-state index contributed by atoms with van der Waals surface area (Å²) >= 11 is 6.00. The summed E-state index contributed by atoms with van der Waals surface area (Å²) in [6, 6.07) is 15.3. The first-order valence-electron chi connectivity index (χ1n) is 9.33. The lowest BCUT2D eigenvalue weighted by atomic mass is 10.0. The molecular weight excluding hydrogens is 374 g/mol. The molecule has 5 nitrogen and oxygen atoms in total. The summed E-state index contributed by atoms with van der Waals surface area (Å²) in [7, 11) is 0. The van der Waals surface area contributed by atoms with E-state index in [-0.39, 0.29) is 12.0 Å². The Bertz CT molecular complexity index is 862. The number of aryl methyl sites for hydroxylation is 1. The van der Waals surface area contributed by atoms with Crippen LogP contribution in [0, 0.1) is 0 Å². The smallest absolute Gasteiger partial charge is 0.221 e. The molecule has 0 fully saturated rings. The molecule has 0 bridgehead atoms. The van der Waals surface area contributed by atoms with Crippen LogP contribution in [0.3, 0.4) is 0 Å². The fraction of sp³-hybridized carbons (Fsp3) is 0.273. The topological polar surface area (TPSA) is 56.1 Å². The van der Waals surface area contributed by atoms with E-state index < -0.39 is 0 Å². The third-order valence-corrected chi connectivity index (χ3v) is 4.61. The molecule has 0 saturated heterocycles. The number of nitrogens with zero attached hydrogens (tertiary/aromatic N) is 2. The molecule has 28 heavy (non-hydrogen) atoms. The van der Waals surface area contributed by atoms with Gasteiger partial charge in [-0.3, -0.25) is 4.79 Å². The largest absolute Gasteiger partial charge is 0.490 e. The number of halogens is 1. The molecule has 146 valence electrons. The van der Waals surface area contributed by atoms with Crippen molar-refractivity contribution in [3.8, 4) is 5.75 Å². The molecule has 1 atom stereocenters. The first-order valence-corrected chi connectivity index (χ1v) is 9.71. The maximum Gasteiger partial charge on any atom is 0.221 e. The fourth-order valence-corrected chi connectivity index (χ4v) is 3.15. The Morgan fingerprint density at radius 1 is 1.18 bits per heavy atom. The van der Waals surface area contributed by atoms with Crippen molar-refractivity contribution in [2.75, 3.05) is 5.32 Å². The number of anilines is 1. The van der Waals surface area contributed by atoms with Crippen molar-refractivity contribution in [2.24, 2.45) is 0 Å². The first-order chi connectivity index (χ1) is 13.6. The van der Waals surface area contributed by atoms with Crippen molar-refractivity contribution < 1.29 is 9.53 Å². The molecule has 0 saturated carbocycles. The minimum atomic E-state index is -0.0891. The van der Waals surface area contributed by atoms with Gasteiger partial charge in [0.15, 0.2) is 0 Å². The molecule has 3 rings (SSSR count). The van der Waals surface area contributed by atoms with Crippen LogP contribution < -0.4 is 10.1 Å². The zero-order valence-corrected chi connectivity index (χ0v) is 16.6. The lowest BCUT2D eigenvalue weighted by Crippen LogP contribution is -2.20. The molecule has 0 radical (unpaired) electrons. The molecule has 1 unspecified atom stereocenters. The highest BCUT2D eigenvalue weighted by Gasteiger charge is 2.12. The van der Waals surface area contributed by atoms with Crippen LogP contribution in [0.1, 0.15) is 25.3 Å². The van der Waals surface area contributed by atoms with Gasteiger partial charge in [-0.15, -0.1) is 0 Å². The van der Waals surface area contributed by atoms with Gasteiger partial charge >= 0.3 is 0 Å². The minimum absolute atomic E-state index is 0.0383. The number of benzene rings is 2. The molecule has 1 aromatic heterocycles. The predicted molar refractivity (Wildman–Crippen MR) is 112 cm³/mol. The van der Waals surface area contributed by atoms with Crippen LogP contribution in [-0.4, -0.2) is 21.6 Å². The van der Waals surface area contributed by atoms with Crippen LogP contribution in [0.4, 0.5) is 5.69 Å². The maximum atomic E-state index is 11.2. The van der Waals surface area contributed by atoms with Gasteiger partial charge in [0.05, 0.1) is 6.33 Å². The van der Waals surface area contributed by atoms with E-state index in [4.69, 9.17) is 16.3 Å². The van der Waals surface area contributed by atoms with Crippen LogP contribution in [0.5, 0.6) is 5.75 Å². The SMILES string of the molecule is CC(=O)Nc1ccc(OC(CCCn2ccnc2)Cc2ccc(Cl)cc2)cc1.